The molecule has 1 heterocycles. The Morgan fingerprint density at radius 1 is 1.23 bits per heavy atom. The summed E-state index contributed by atoms with van der Waals surface area (Å²) in [6, 6.07) is 10.6. The number of hydrogen-bond donors (Lipinski definition) is 3. The molecule has 2 aromatic rings. The van der Waals surface area contributed by atoms with E-state index in [1.807, 2.05) is 6.07 Å². The zero-order valence-electron chi connectivity index (χ0n) is 19.5. The number of ether oxygens (including phenoxy) is 2. The summed E-state index contributed by atoms with van der Waals surface area (Å²) in [6.07, 6.45) is -2.61. The summed E-state index contributed by atoms with van der Waals surface area (Å²) in [5.74, 6) is -1.07. The zero-order chi connectivity index (χ0) is 25.8. The number of carbonyl (C=O) groups excluding carboxylic acids is 2. The lowest BCUT2D eigenvalue weighted by atomic mass is 9.93. The number of aliphatic hydroxyl groups excluding tert-OH is 1. The number of aliphatic hydroxyl groups is 1. The predicted molar refractivity (Wildman–Crippen MR) is 122 cm³/mol. The number of amides is 2. The van der Waals surface area contributed by atoms with Gasteiger partial charge < -0.3 is 25.2 Å². The maximum atomic E-state index is 14.9. The molecule has 3 rings (SSSR count). The van der Waals surface area contributed by atoms with Crippen LogP contribution in [0.3, 0.4) is 0 Å². The molecule has 0 spiro atoms. The van der Waals surface area contributed by atoms with Crippen LogP contribution in [0, 0.1) is 28.5 Å². The lowest BCUT2D eigenvalue weighted by Crippen LogP contribution is -2.47. The second kappa shape index (κ2) is 10.4. The van der Waals surface area contributed by atoms with Crippen LogP contribution in [0.1, 0.15) is 37.5 Å². The molecule has 10 heteroatoms. The van der Waals surface area contributed by atoms with Crippen LogP contribution in [-0.4, -0.2) is 41.4 Å². The number of nitrogens with one attached hydrogen (secondary N) is 2. The second-order valence-corrected chi connectivity index (χ2v) is 9.01. The Labute approximate surface area is 202 Å². The van der Waals surface area contributed by atoms with Gasteiger partial charge in [0, 0.05) is 12.0 Å². The molecule has 1 aliphatic rings. The standard InChI is InChI=1S/C25H25FN4O5/c1-25(2,3)35-24(33)29-12-21(31)23(32)30-17(11-28)7-15-8-22-19(9-20(15)26)18-5-4-14(10-27)6-16(18)13-34-22/h4-6,8-9,17,21,31H,7,12-13H2,1-3H3,(H,29,33)(H,30,32)/t17-,21-/m0/s1. The smallest absolute Gasteiger partial charge is 0.407 e. The Kier molecular flexibility index (Phi) is 7.58. The minimum atomic E-state index is -1.63. The van der Waals surface area contributed by atoms with Crippen LogP contribution < -0.4 is 15.4 Å². The Morgan fingerprint density at radius 3 is 2.63 bits per heavy atom. The average molecular weight is 480 g/mol. The van der Waals surface area contributed by atoms with Crippen LogP contribution in [0.15, 0.2) is 30.3 Å². The van der Waals surface area contributed by atoms with Crippen LogP contribution in [-0.2, 0) is 22.6 Å². The molecule has 0 aliphatic carbocycles. The third-order valence-electron chi connectivity index (χ3n) is 5.09. The molecule has 0 fully saturated rings. The van der Waals surface area contributed by atoms with E-state index in [9.17, 15) is 24.3 Å². The van der Waals surface area contributed by atoms with Crippen molar-refractivity contribution in [1.29, 1.82) is 10.5 Å². The summed E-state index contributed by atoms with van der Waals surface area (Å²) in [6.45, 7) is 4.79. The third kappa shape index (κ3) is 6.46. The highest BCUT2D eigenvalue weighted by Gasteiger charge is 2.25. The molecule has 2 amide bonds. The number of benzene rings is 2. The fourth-order valence-corrected chi connectivity index (χ4v) is 3.49. The average Bonchev–Trinajstić information content (AvgIpc) is 2.80. The van der Waals surface area contributed by atoms with Gasteiger partial charge in [-0.1, -0.05) is 6.07 Å². The summed E-state index contributed by atoms with van der Waals surface area (Å²) >= 11 is 0. The second-order valence-electron chi connectivity index (χ2n) is 9.01. The van der Waals surface area contributed by atoms with E-state index in [4.69, 9.17) is 14.7 Å². The van der Waals surface area contributed by atoms with E-state index in [0.29, 0.717) is 16.9 Å². The largest absolute Gasteiger partial charge is 0.488 e. The maximum Gasteiger partial charge on any atom is 0.407 e. The third-order valence-corrected chi connectivity index (χ3v) is 5.09. The number of carbonyl (C=O) groups is 2. The van der Waals surface area contributed by atoms with E-state index in [1.165, 1.54) is 12.1 Å². The first kappa shape index (κ1) is 25.5. The molecular weight excluding hydrogens is 455 g/mol. The highest BCUT2D eigenvalue weighted by atomic mass is 19.1. The Balaban J connectivity index is 1.66. The first-order valence-corrected chi connectivity index (χ1v) is 10.8. The van der Waals surface area contributed by atoms with Gasteiger partial charge >= 0.3 is 6.09 Å². The summed E-state index contributed by atoms with van der Waals surface area (Å²) in [5.41, 5.74) is 1.92. The van der Waals surface area contributed by atoms with E-state index in [0.717, 1.165) is 11.1 Å². The molecule has 1 aliphatic heterocycles. The fourth-order valence-electron chi connectivity index (χ4n) is 3.49. The molecular formula is C25H25FN4O5. The minimum Gasteiger partial charge on any atom is -0.488 e. The number of halogens is 1. The summed E-state index contributed by atoms with van der Waals surface area (Å²) < 4.78 is 25.7. The summed E-state index contributed by atoms with van der Waals surface area (Å²) in [4.78, 5) is 23.9. The summed E-state index contributed by atoms with van der Waals surface area (Å²) in [7, 11) is 0. The van der Waals surface area contributed by atoms with Crippen LogP contribution in [0.4, 0.5) is 9.18 Å². The van der Waals surface area contributed by atoms with Gasteiger partial charge in [-0.05, 0) is 61.7 Å². The van der Waals surface area contributed by atoms with Crippen molar-refractivity contribution in [1.82, 2.24) is 10.6 Å². The fraction of sp³-hybridized carbons (Fsp3) is 0.360. The minimum absolute atomic E-state index is 0.147. The number of fused-ring (bicyclic) bond motifs is 3. The molecule has 0 saturated carbocycles. The lowest BCUT2D eigenvalue weighted by Gasteiger charge is -2.23. The van der Waals surface area contributed by atoms with Crippen molar-refractivity contribution in [3.05, 3.63) is 52.8 Å². The highest BCUT2D eigenvalue weighted by Crippen LogP contribution is 2.39. The molecule has 0 aromatic heterocycles. The quantitative estimate of drug-likeness (QED) is 0.576. The van der Waals surface area contributed by atoms with E-state index in [2.05, 4.69) is 16.7 Å². The van der Waals surface area contributed by atoms with Gasteiger partial charge in [0.1, 0.15) is 35.9 Å². The van der Waals surface area contributed by atoms with Crippen LogP contribution >= 0.6 is 0 Å². The normalized spacial score (nSPS) is 13.6. The number of rotatable bonds is 6. The molecule has 182 valence electrons. The van der Waals surface area contributed by atoms with Crippen molar-refractivity contribution in [3.8, 4) is 29.0 Å². The molecule has 0 unspecified atom stereocenters. The molecule has 0 radical (unpaired) electrons. The highest BCUT2D eigenvalue weighted by molar-refractivity contribution is 5.82. The van der Waals surface area contributed by atoms with Gasteiger partial charge in [0.25, 0.3) is 5.91 Å². The van der Waals surface area contributed by atoms with Gasteiger partial charge in [0.05, 0.1) is 24.2 Å². The molecule has 35 heavy (non-hydrogen) atoms. The topological polar surface area (TPSA) is 144 Å². The van der Waals surface area contributed by atoms with Gasteiger partial charge in [-0.25, -0.2) is 9.18 Å². The Bertz CT molecular complexity index is 1230. The van der Waals surface area contributed by atoms with Gasteiger partial charge in [-0.3, -0.25) is 4.79 Å². The van der Waals surface area contributed by atoms with Crippen LogP contribution in [0.25, 0.3) is 11.1 Å². The number of hydrogen-bond acceptors (Lipinski definition) is 7. The first-order valence-electron chi connectivity index (χ1n) is 10.8. The number of nitriles is 2. The Morgan fingerprint density at radius 2 is 1.97 bits per heavy atom. The van der Waals surface area contributed by atoms with Gasteiger partial charge in [-0.15, -0.1) is 0 Å². The maximum absolute atomic E-state index is 14.9. The molecule has 9 nitrogen and oxygen atoms in total. The van der Waals surface area contributed by atoms with Crippen molar-refractivity contribution >= 4 is 12.0 Å². The molecule has 0 saturated heterocycles. The number of alkyl carbamates (subject to hydrolysis) is 1. The molecule has 2 atom stereocenters. The first-order chi connectivity index (χ1) is 16.5. The predicted octanol–water partition coefficient (Wildman–Crippen LogP) is 2.69. The van der Waals surface area contributed by atoms with Crippen LogP contribution in [0.5, 0.6) is 5.75 Å². The van der Waals surface area contributed by atoms with Crippen molar-refractivity contribution in [2.24, 2.45) is 0 Å². The number of nitrogens with zero attached hydrogens (tertiary/aromatic N) is 2. The van der Waals surface area contributed by atoms with Gasteiger partial charge in [0.2, 0.25) is 0 Å². The summed E-state index contributed by atoms with van der Waals surface area (Å²) in [5, 5.41) is 33.1. The van der Waals surface area contributed by atoms with Crippen molar-refractivity contribution in [2.75, 3.05) is 6.54 Å². The van der Waals surface area contributed by atoms with Gasteiger partial charge in [-0.2, -0.15) is 10.5 Å². The SMILES string of the molecule is CC(C)(C)OC(=O)NC[C@H](O)C(=O)N[C@H](C#N)Cc1cc2c(cc1F)-c1ccc(C#N)cc1CO2. The Hall–Kier alpha value is -4.15. The van der Waals surface area contributed by atoms with E-state index in [1.54, 1.807) is 39.0 Å². The van der Waals surface area contributed by atoms with Crippen LogP contribution in [0.2, 0.25) is 0 Å². The van der Waals surface area contributed by atoms with Crippen molar-refractivity contribution in [2.45, 2.75) is 51.5 Å². The van der Waals surface area contributed by atoms with E-state index >= 15 is 0 Å². The molecule has 3 N–H and O–H groups in total. The van der Waals surface area contributed by atoms with E-state index in [-0.39, 0.29) is 18.6 Å². The monoisotopic (exact) mass is 480 g/mol. The molecule has 2 aromatic carbocycles. The zero-order valence-corrected chi connectivity index (χ0v) is 19.5. The van der Waals surface area contributed by atoms with Gasteiger partial charge in [0.15, 0.2) is 0 Å². The van der Waals surface area contributed by atoms with E-state index < -0.39 is 42.1 Å². The molecule has 0 bridgehead atoms. The van der Waals surface area contributed by atoms with Crippen molar-refractivity contribution < 1.29 is 28.6 Å². The van der Waals surface area contributed by atoms with Crippen molar-refractivity contribution in [3.63, 3.8) is 0 Å². The lowest BCUT2D eigenvalue weighted by molar-refractivity contribution is -0.129.